The smallest absolute Gasteiger partial charge is 0.329 e. The van der Waals surface area contributed by atoms with Gasteiger partial charge in [0.2, 0.25) is 0 Å². The first-order chi connectivity index (χ1) is 30.3. The SMILES string of the molecule is CC(C)(C)c1ccc(N2c3cc4oc5ccccc5c4c4c3B(c3c2ccc2sc5ccccc5c32)N2c3c-4cc(C(C)(C)C)cc3C3(C)CCCCC23C)c(-c2ccccc2)c1. The van der Waals surface area contributed by atoms with E-state index in [0.717, 1.165) is 17.6 Å². The van der Waals surface area contributed by atoms with E-state index in [0.29, 0.717) is 0 Å². The first-order valence-electron chi connectivity index (χ1n) is 23.2. The van der Waals surface area contributed by atoms with Crippen LogP contribution >= 0.6 is 11.3 Å². The van der Waals surface area contributed by atoms with Gasteiger partial charge in [-0.25, -0.2) is 0 Å². The molecule has 3 nitrogen and oxygen atoms in total. The van der Waals surface area contributed by atoms with Crippen LogP contribution in [0.3, 0.4) is 0 Å². The van der Waals surface area contributed by atoms with Crippen LogP contribution in [0.15, 0.2) is 132 Å². The summed E-state index contributed by atoms with van der Waals surface area (Å²) in [6.07, 6.45) is 4.84. The van der Waals surface area contributed by atoms with E-state index in [4.69, 9.17) is 4.42 Å². The Labute approximate surface area is 375 Å². The van der Waals surface area contributed by atoms with Gasteiger partial charge in [0.15, 0.2) is 0 Å². The Balaban J connectivity index is 1.26. The summed E-state index contributed by atoms with van der Waals surface area (Å²) >= 11 is 1.94. The molecule has 0 amide bonds. The number of anilines is 4. The van der Waals surface area contributed by atoms with Crippen molar-refractivity contribution in [3.05, 3.63) is 144 Å². The minimum absolute atomic E-state index is 0.0216. The van der Waals surface area contributed by atoms with Gasteiger partial charge < -0.3 is 14.1 Å². The van der Waals surface area contributed by atoms with Crippen LogP contribution < -0.4 is 20.6 Å². The lowest BCUT2D eigenvalue weighted by atomic mass is 9.41. The van der Waals surface area contributed by atoms with Crippen molar-refractivity contribution in [2.75, 3.05) is 9.71 Å². The number of fused-ring (bicyclic) bond motifs is 15. The fourth-order valence-electron chi connectivity index (χ4n) is 12.7. The molecule has 310 valence electrons. The Bertz CT molecular complexity index is 3440. The van der Waals surface area contributed by atoms with Crippen molar-refractivity contribution in [1.82, 2.24) is 0 Å². The van der Waals surface area contributed by atoms with Crippen molar-refractivity contribution < 1.29 is 4.42 Å². The zero-order valence-corrected chi connectivity index (χ0v) is 38.6. The zero-order chi connectivity index (χ0) is 42.9. The lowest BCUT2D eigenvalue weighted by Crippen LogP contribution is -2.70. The van der Waals surface area contributed by atoms with E-state index in [1.165, 1.54) is 117 Å². The van der Waals surface area contributed by atoms with Gasteiger partial charge in [-0.2, -0.15) is 0 Å². The van der Waals surface area contributed by atoms with Crippen molar-refractivity contribution >= 4 is 94.0 Å². The molecule has 5 heteroatoms. The second-order valence-electron chi connectivity index (χ2n) is 21.6. The molecule has 1 aliphatic carbocycles. The highest BCUT2D eigenvalue weighted by Gasteiger charge is 2.63. The zero-order valence-electron chi connectivity index (χ0n) is 37.7. The number of nitrogens with zero attached hydrogens (tertiary/aromatic N) is 2. The number of thiophene rings is 1. The van der Waals surface area contributed by atoms with Crippen molar-refractivity contribution in [1.29, 1.82) is 0 Å². The Morgan fingerprint density at radius 3 is 2.08 bits per heavy atom. The largest absolute Gasteiger partial charge is 0.456 e. The third-order valence-electron chi connectivity index (χ3n) is 16.1. The molecule has 1 saturated carbocycles. The predicted octanol–water partition coefficient (Wildman–Crippen LogP) is 15.2. The molecule has 3 aliphatic heterocycles. The van der Waals surface area contributed by atoms with Crippen LogP contribution in [0.4, 0.5) is 22.7 Å². The third kappa shape index (κ3) is 4.87. The van der Waals surface area contributed by atoms with Crippen LogP contribution in [-0.2, 0) is 16.2 Å². The van der Waals surface area contributed by atoms with Crippen molar-refractivity contribution in [2.24, 2.45) is 0 Å². The fourth-order valence-corrected chi connectivity index (χ4v) is 13.8. The number of rotatable bonds is 2. The van der Waals surface area contributed by atoms with E-state index in [1.807, 2.05) is 11.3 Å². The Hall–Kier alpha value is -5.78. The minimum atomic E-state index is -0.108. The van der Waals surface area contributed by atoms with E-state index in [1.54, 1.807) is 5.56 Å². The summed E-state index contributed by atoms with van der Waals surface area (Å²) in [6.45, 7) is 19.4. The van der Waals surface area contributed by atoms with Gasteiger partial charge in [0.1, 0.15) is 11.2 Å². The van der Waals surface area contributed by atoms with E-state index in [2.05, 4.69) is 192 Å². The minimum Gasteiger partial charge on any atom is -0.456 e. The van der Waals surface area contributed by atoms with Crippen LogP contribution in [-0.4, -0.2) is 12.4 Å². The van der Waals surface area contributed by atoms with E-state index in [-0.39, 0.29) is 28.6 Å². The summed E-state index contributed by atoms with van der Waals surface area (Å²) in [5.74, 6) is 0. The molecule has 0 saturated heterocycles. The molecule has 2 unspecified atom stereocenters. The summed E-state index contributed by atoms with van der Waals surface area (Å²) in [4.78, 5) is 5.65. The van der Waals surface area contributed by atoms with E-state index >= 15 is 0 Å². The molecular formula is C58H53BN2OS. The molecule has 0 radical (unpaired) electrons. The van der Waals surface area contributed by atoms with Crippen molar-refractivity contribution in [3.63, 3.8) is 0 Å². The molecule has 2 aromatic heterocycles. The Morgan fingerprint density at radius 2 is 1.29 bits per heavy atom. The number of para-hydroxylation sites is 1. The maximum atomic E-state index is 7.07. The van der Waals surface area contributed by atoms with Gasteiger partial charge in [-0.1, -0.05) is 140 Å². The molecule has 0 N–H and O–H groups in total. The van der Waals surface area contributed by atoms with Gasteiger partial charge in [0, 0.05) is 65.4 Å². The highest BCUT2D eigenvalue weighted by molar-refractivity contribution is 7.26. The summed E-state index contributed by atoms with van der Waals surface area (Å²) in [6, 6.07) is 48.8. The van der Waals surface area contributed by atoms with Crippen LogP contribution in [0.25, 0.3) is 64.4 Å². The Morgan fingerprint density at radius 1 is 0.587 bits per heavy atom. The van der Waals surface area contributed by atoms with Gasteiger partial charge in [-0.15, -0.1) is 11.3 Å². The summed E-state index contributed by atoms with van der Waals surface area (Å²) in [7, 11) is 0. The lowest BCUT2D eigenvalue weighted by molar-refractivity contribution is 0.199. The fraction of sp³-hybridized carbons (Fsp3) is 0.276. The predicted molar refractivity (Wildman–Crippen MR) is 271 cm³/mol. The molecule has 0 spiro atoms. The first-order valence-corrected chi connectivity index (χ1v) is 24.0. The average molecular weight is 837 g/mol. The normalized spacial score (nSPS) is 20.2. The highest BCUT2D eigenvalue weighted by atomic mass is 32.1. The van der Waals surface area contributed by atoms with E-state index < -0.39 is 0 Å². The molecule has 9 aromatic rings. The standard InChI is InChI=1S/C58H53BN2OS/c1-55(2,3)35-24-25-42(39(30-35)34-18-10-9-11-19-34)60-43-26-27-48-50(38-21-13-15-23-47(38)63-48)52(43)59-53-44(60)33-46-49(37-20-12-14-22-45(37)62-46)51(53)40-31-36(56(4,5)6)32-41-54(40)61(59)58(8)29-17-16-28-57(41,58)7/h9-15,18-27,30-33H,16-17,28-29H2,1-8H3. The number of hydrogen-bond donors (Lipinski definition) is 0. The van der Waals surface area contributed by atoms with Gasteiger partial charge in [-0.3, -0.25) is 0 Å². The Kier molecular flexibility index (Phi) is 7.48. The molecule has 5 heterocycles. The van der Waals surface area contributed by atoms with Crippen LogP contribution in [0.2, 0.25) is 0 Å². The molecule has 7 aromatic carbocycles. The lowest BCUT2D eigenvalue weighted by Gasteiger charge is -2.55. The highest BCUT2D eigenvalue weighted by Crippen LogP contribution is 2.65. The van der Waals surface area contributed by atoms with Gasteiger partial charge in [-0.05, 0) is 123 Å². The van der Waals surface area contributed by atoms with Crippen LogP contribution in [0, 0.1) is 0 Å². The molecule has 4 aliphatic rings. The van der Waals surface area contributed by atoms with Crippen LogP contribution in [0.5, 0.6) is 0 Å². The molecule has 1 fully saturated rings. The molecule has 0 bridgehead atoms. The summed E-state index contributed by atoms with van der Waals surface area (Å²) in [5, 5.41) is 5.18. The second-order valence-corrected chi connectivity index (χ2v) is 22.6. The monoisotopic (exact) mass is 836 g/mol. The molecule has 13 rings (SSSR count). The van der Waals surface area contributed by atoms with Gasteiger partial charge in [0.25, 0.3) is 0 Å². The summed E-state index contributed by atoms with van der Waals surface area (Å²) < 4.78 is 9.76. The maximum absolute atomic E-state index is 7.07. The quantitative estimate of drug-likeness (QED) is 0.162. The third-order valence-corrected chi connectivity index (χ3v) is 17.2. The van der Waals surface area contributed by atoms with Crippen molar-refractivity contribution in [2.45, 2.75) is 103 Å². The van der Waals surface area contributed by atoms with Crippen LogP contribution in [0.1, 0.15) is 97.8 Å². The average Bonchev–Trinajstić information content (AvgIpc) is 3.90. The topological polar surface area (TPSA) is 19.6 Å². The number of hydrogen-bond acceptors (Lipinski definition) is 4. The maximum Gasteiger partial charge on any atom is 0.329 e. The van der Waals surface area contributed by atoms with Gasteiger partial charge in [0.05, 0.1) is 5.69 Å². The molecular weight excluding hydrogens is 784 g/mol. The van der Waals surface area contributed by atoms with Crippen molar-refractivity contribution in [3.8, 4) is 22.3 Å². The molecule has 2 atom stereocenters. The number of benzene rings is 7. The summed E-state index contributed by atoms with van der Waals surface area (Å²) in [5.41, 5.74) is 19.1. The van der Waals surface area contributed by atoms with E-state index in [9.17, 15) is 0 Å². The first kappa shape index (κ1) is 37.8. The second kappa shape index (κ2) is 12.5. The number of furan rings is 1. The molecule has 63 heavy (non-hydrogen) atoms. The van der Waals surface area contributed by atoms with Gasteiger partial charge >= 0.3 is 6.85 Å².